The van der Waals surface area contributed by atoms with Crippen molar-refractivity contribution in [3.8, 4) is 0 Å². The Bertz CT molecular complexity index is 675. The molecular formula is C19H27ClN4O3. The second kappa shape index (κ2) is 9.28. The molecule has 7 nitrogen and oxygen atoms in total. The fourth-order valence-corrected chi connectivity index (χ4v) is 3.44. The van der Waals surface area contributed by atoms with Gasteiger partial charge in [-0.3, -0.25) is 15.3 Å². The highest BCUT2D eigenvalue weighted by Gasteiger charge is 2.25. The normalized spacial score (nSPS) is 18.4. The number of likely N-dealkylation sites (tertiary alicyclic amines) is 1. The highest BCUT2D eigenvalue weighted by Crippen LogP contribution is 2.26. The van der Waals surface area contributed by atoms with Gasteiger partial charge < -0.3 is 14.5 Å². The highest BCUT2D eigenvalue weighted by atomic mass is 35.5. The molecular weight excluding hydrogens is 368 g/mol. The summed E-state index contributed by atoms with van der Waals surface area (Å²) < 4.78 is 5.24. The Hall–Kier alpha value is -1.99. The minimum absolute atomic E-state index is 0.0898. The van der Waals surface area contributed by atoms with Gasteiger partial charge in [0, 0.05) is 50.7 Å². The number of rotatable bonds is 5. The zero-order valence-corrected chi connectivity index (χ0v) is 16.6. The molecule has 0 bridgehead atoms. The number of piperidine rings is 1. The van der Waals surface area contributed by atoms with Crippen LogP contribution in [0.2, 0.25) is 5.02 Å². The third-order valence-corrected chi connectivity index (χ3v) is 4.99. The number of anilines is 1. The number of hydrogen-bond donors (Lipinski definition) is 1. The predicted molar refractivity (Wildman–Crippen MR) is 105 cm³/mol. The first-order valence-corrected chi connectivity index (χ1v) is 9.81. The molecule has 1 N–H and O–H groups in total. The maximum Gasteiger partial charge on any atom is 0.410 e. The van der Waals surface area contributed by atoms with Crippen LogP contribution in [0.1, 0.15) is 33.1 Å². The standard InChI is InChI=1S/C19H27ClN4O3/c1-14(2)26-19(25)24-11-6-16(7-12-24)27-22-15-4-9-23(10-5-15)18-3-8-21-13-17(18)20/h3-4,8,13-14,16,22H,5-7,9-12H2,1-2H3. The van der Waals surface area contributed by atoms with Crippen molar-refractivity contribution in [3.05, 3.63) is 35.3 Å². The number of ether oxygens (including phenoxy) is 1. The lowest BCUT2D eigenvalue weighted by Crippen LogP contribution is -2.43. The summed E-state index contributed by atoms with van der Waals surface area (Å²) in [6.07, 6.45) is 7.77. The minimum atomic E-state index is -0.235. The van der Waals surface area contributed by atoms with E-state index in [1.807, 2.05) is 19.9 Å². The van der Waals surface area contributed by atoms with Gasteiger partial charge in [0.2, 0.25) is 0 Å². The maximum atomic E-state index is 11.9. The van der Waals surface area contributed by atoms with Crippen molar-refractivity contribution in [2.75, 3.05) is 31.1 Å². The summed E-state index contributed by atoms with van der Waals surface area (Å²) in [5, 5.41) is 0.668. The summed E-state index contributed by atoms with van der Waals surface area (Å²) in [4.78, 5) is 25.7. The molecule has 3 rings (SSSR count). The first-order valence-electron chi connectivity index (χ1n) is 9.43. The molecule has 148 valence electrons. The van der Waals surface area contributed by atoms with E-state index in [9.17, 15) is 4.79 Å². The zero-order chi connectivity index (χ0) is 19.2. The van der Waals surface area contributed by atoms with Gasteiger partial charge in [-0.05, 0) is 38.8 Å². The Morgan fingerprint density at radius 2 is 2.11 bits per heavy atom. The first-order chi connectivity index (χ1) is 13.0. The fourth-order valence-electron chi connectivity index (χ4n) is 3.20. The van der Waals surface area contributed by atoms with E-state index in [0.29, 0.717) is 18.1 Å². The molecule has 2 aliphatic rings. The van der Waals surface area contributed by atoms with E-state index in [-0.39, 0.29) is 18.3 Å². The molecule has 8 heteroatoms. The van der Waals surface area contributed by atoms with Crippen LogP contribution in [0.25, 0.3) is 0 Å². The largest absolute Gasteiger partial charge is 0.447 e. The van der Waals surface area contributed by atoms with Gasteiger partial charge in [0.15, 0.2) is 0 Å². The van der Waals surface area contributed by atoms with Gasteiger partial charge in [0.25, 0.3) is 0 Å². The van der Waals surface area contributed by atoms with Crippen LogP contribution in [0.4, 0.5) is 10.5 Å². The van der Waals surface area contributed by atoms with Crippen LogP contribution in [0, 0.1) is 0 Å². The molecule has 3 heterocycles. The van der Waals surface area contributed by atoms with E-state index >= 15 is 0 Å². The summed E-state index contributed by atoms with van der Waals surface area (Å²) in [5.41, 5.74) is 5.19. The van der Waals surface area contributed by atoms with Gasteiger partial charge in [0.05, 0.1) is 22.9 Å². The summed E-state index contributed by atoms with van der Waals surface area (Å²) in [5.74, 6) is 0. The van der Waals surface area contributed by atoms with E-state index in [1.165, 1.54) is 0 Å². The van der Waals surface area contributed by atoms with Gasteiger partial charge in [0.1, 0.15) is 0 Å². The molecule has 2 aliphatic heterocycles. The van der Waals surface area contributed by atoms with Crippen molar-refractivity contribution >= 4 is 23.4 Å². The minimum Gasteiger partial charge on any atom is -0.447 e. The molecule has 1 saturated heterocycles. The molecule has 1 amide bonds. The number of aromatic nitrogens is 1. The Balaban J connectivity index is 1.40. The van der Waals surface area contributed by atoms with Gasteiger partial charge in [-0.2, -0.15) is 0 Å². The van der Waals surface area contributed by atoms with Crippen LogP contribution < -0.4 is 10.4 Å². The number of carbonyl (C=O) groups excluding carboxylic acids is 1. The van der Waals surface area contributed by atoms with Crippen LogP contribution in [0.5, 0.6) is 0 Å². The average molecular weight is 395 g/mol. The highest BCUT2D eigenvalue weighted by molar-refractivity contribution is 6.33. The average Bonchev–Trinajstić information content (AvgIpc) is 2.67. The molecule has 27 heavy (non-hydrogen) atoms. The number of hydroxylamine groups is 1. The lowest BCUT2D eigenvalue weighted by Gasteiger charge is -2.33. The lowest BCUT2D eigenvalue weighted by atomic mass is 10.1. The molecule has 0 saturated carbocycles. The molecule has 0 atom stereocenters. The van der Waals surface area contributed by atoms with E-state index in [1.54, 1.807) is 17.3 Å². The summed E-state index contributed by atoms with van der Waals surface area (Å²) >= 11 is 6.22. The van der Waals surface area contributed by atoms with Crippen LogP contribution >= 0.6 is 11.6 Å². The van der Waals surface area contributed by atoms with E-state index in [4.69, 9.17) is 21.2 Å². The molecule has 1 fully saturated rings. The number of pyridine rings is 1. The van der Waals surface area contributed by atoms with Crippen molar-refractivity contribution in [2.24, 2.45) is 0 Å². The van der Waals surface area contributed by atoms with Crippen molar-refractivity contribution in [1.82, 2.24) is 15.4 Å². The number of amides is 1. The summed E-state index contributed by atoms with van der Waals surface area (Å²) in [6.45, 7) is 6.68. The zero-order valence-electron chi connectivity index (χ0n) is 15.9. The smallest absolute Gasteiger partial charge is 0.410 e. The Kier molecular flexibility index (Phi) is 6.79. The monoisotopic (exact) mass is 394 g/mol. The van der Waals surface area contributed by atoms with Crippen molar-refractivity contribution in [3.63, 3.8) is 0 Å². The molecule has 0 unspecified atom stereocenters. The fraction of sp³-hybridized carbons (Fsp3) is 0.579. The Morgan fingerprint density at radius 1 is 1.33 bits per heavy atom. The number of carbonyl (C=O) groups is 1. The topological polar surface area (TPSA) is 66.9 Å². The summed E-state index contributed by atoms with van der Waals surface area (Å²) in [7, 11) is 0. The molecule has 0 radical (unpaired) electrons. The molecule has 0 spiro atoms. The SMILES string of the molecule is CC(C)OC(=O)N1CCC(ONC2=CCN(c3ccncc3Cl)CC2)CC1. The van der Waals surface area contributed by atoms with E-state index in [2.05, 4.69) is 21.4 Å². The van der Waals surface area contributed by atoms with Crippen molar-refractivity contribution < 1.29 is 14.4 Å². The number of nitrogens with zero attached hydrogens (tertiary/aromatic N) is 3. The van der Waals surface area contributed by atoms with Crippen LogP contribution in [-0.2, 0) is 9.57 Å². The molecule has 1 aromatic heterocycles. The maximum absolute atomic E-state index is 11.9. The van der Waals surface area contributed by atoms with Gasteiger partial charge in [-0.25, -0.2) is 4.79 Å². The Labute approximate surface area is 165 Å². The molecule has 1 aromatic rings. The number of halogens is 1. The third-order valence-electron chi connectivity index (χ3n) is 4.69. The van der Waals surface area contributed by atoms with Gasteiger partial charge >= 0.3 is 6.09 Å². The van der Waals surface area contributed by atoms with Crippen LogP contribution in [0.3, 0.4) is 0 Å². The van der Waals surface area contributed by atoms with Crippen molar-refractivity contribution in [1.29, 1.82) is 0 Å². The van der Waals surface area contributed by atoms with Crippen molar-refractivity contribution in [2.45, 2.75) is 45.3 Å². The predicted octanol–water partition coefficient (Wildman–Crippen LogP) is 3.36. The van der Waals surface area contributed by atoms with Crippen LogP contribution in [0.15, 0.2) is 30.2 Å². The van der Waals surface area contributed by atoms with E-state index < -0.39 is 0 Å². The quantitative estimate of drug-likeness (QED) is 0.772. The second-order valence-electron chi connectivity index (χ2n) is 7.09. The first kappa shape index (κ1) is 19.8. The lowest BCUT2D eigenvalue weighted by molar-refractivity contribution is -0.0415. The molecule has 0 aromatic carbocycles. The summed E-state index contributed by atoms with van der Waals surface area (Å²) in [6, 6.07) is 1.93. The van der Waals surface area contributed by atoms with Crippen LogP contribution in [-0.4, -0.2) is 54.4 Å². The number of nitrogens with one attached hydrogen (secondary N) is 1. The Morgan fingerprint density at radius 3 is 2.74 bits per heavy atom. The van der Waals surface area contributed by atoms with E-state index in [0.717, 1.165) is 43.7 Å². The third kappa shape index (κ3) is 5.49. The second-order valence-corrected chi connectivity index (χ2v) is 7.50. The van der Waals surface area contributed by atoms with Gasteiger partial charge in [-0.15, -0.1) is 0 Å². The molecule has 0 aliphatic carbocycles. The number of hydrogen-bond acceptors (Lipinski definition) is 6. The van der Waals surface area contributed by atoms with Gasteiger partial charge in [-0.1, -0.05) is 11.6 Å².